The van der Waals surface area contributed by atoms with Gasteiger partial charge in [-0.15, -0.1) is 0 Å². The molecule has 6 heteroatoms. The van der Waals surface area contributed by atoms with Gasteiger partial charge in [-0.3, -0.25) is 14.4 Å². The van der Waals surface area contributed by atoms with Crippen LogP contribution in [0.15, 0.2) is 60.8 Å². The minimum atomic E-state index is -0.790. The van der Waals surface area contributed by atoms with Crippen LogP contribution in [0.5, 0.6) is 0 Å². The molecule has 0 aromatic heterocycles. The van der Waals surface area contributed by atoms with Crippen molar-refractivity contribution in [2.24, 2.45) is 0 Å². The molecule has 0 aliphatic rings. The van der Waals surface area contributed by atoms with Crippen molar-refractivity contribution in [1.82, 2.24) is 0 Å². The van der Waals surface area contributed by atoms with Crippen molar-refractivity contribution >= 4 is 17.9 Å². The first-order valence-electron chi connectivity index (χ1n) is 28.8. The molecule has 0 spiro atoms. The predicted octanol–water partition coefficient (Wildman–Crippen LogP) is 19.2. The Bertz CT molecular complexity index is 1210. The van der Waals surface area contributed by atoms with Crippen LogP contribution in [0.3, 0.4) is 0 Å². The summed E-state index contributed by atoms with van der Waals surface area (Å²) in [5.41, 5.74) is 0. The van der Waals surface area contributed by atoms with Gasteiger partial charge in [-0.2, -0.15) is 0 Å². The lowest BCUT2D eigenvalue weighted by molar-refractivity contribution is -0.167. The number of rotatable bonds is 52. The first-order valence-corrected chi connectivity index (χ1v) is 28.8. The van der Waals surface area contributed by atoms with Gasteiger partial charge in [-0.05, 0) is 83.5 Å². The molecule has 0 fully saturated rings. The summed E-state index contributed by atoms with van der Waals surface area (Å²) in [7, 11) is 0. The Balaban J connectivity index is 4.40. The molecule has 0 saturated heterocycles. The number of carbonyl (C=O) groups excluding carboxylic acids is 3. The highest BCUT2D eigenvalue weighted by Crippen LogP contribution is 2.16. The van der Waals surface area contributed by atoms with E-state index in [0.29, 0.717) is 19.3 Å². The maximum Gasteiger partial charge on any atom is 0.306 e. The van der Waals surface area contributed by atoms with Gasteiger partial charge in [-0.25, -0.2) is 0 Å². The molecule has 0 aromatic rings. The number of esters is 3. The Morgan fingerprint density at radius 3 is 0.910 bits per heavy atom. The van der Waals surface area contributed by atoms with Gasteiger partial charge in [0.15, 0.2) is 6.10 Å². The zero-order chi connectivity index (χ0) is 48.6. The summed E-state index contributed by atoms with van der Waals surface area (Å²) >= 11 is 0. The fourth-order valence-corrected chi connectivity index (χ4v) is 8.11. The molecule has 0 unspecified atom stereocenters. The zero-order valence-corrected chi connectivity index (χ0v) is 44.4. The fourth-order valence-electron chi connectivity index (χ4n) is 8.11. The van der Waals surface area contributed by atoms with E-state index in [1.165, 1.54) is 148 Å². The minimum absolute atomic E-state index is 0.0856. The van der Waals surface area contributed by atoms with Crippen LogP contribution < -0.4 is 0 Å². The van der Waals surface area contributed by atoms with E-state index < -0.39 is 6.10 Å². The highest BCUT2D eigenvalue weighted by Gasteiger charge is 2.19. The van der Waals surface area contributed by atoms with E-state index in [1.54, 1.807) is 0 Å². The fraction of sp³-hybridized carbons (Fsp3) is 0.787. The molecule has 0 N–H and O–H groups in total. The predicted molar refractivity (Wildman–Crippen MR) is 288 cm³/mol. The lowest BCUT2D eigenvalue weighted by atomic mass is 10.0. The van der Waals surface area contributed by atoms with Crippen LogP contribution in [0.25, 0.3) is 0 Å². The number of carbonyl (C=O) groups is 3. The Morgan fingerprint density at radius 2 is 0.552 bits per heavy atom. The van der Waals surface area contributed by atoms with Crippen molar-refractivity contribution in [3.63, 3.8) is 0 Å². The molecular formula is C61H108O6. The van der Waals surface area contributed by atoms with Crippen molar-refractivity contribution in [2.75, 3.05) is 13.2 Å². The van der Waals surface area contributed by atoms with Crippen LogP contribution in [0.4, 0.5) is 0 Å². The first-order chi connectivity index (χ1) is 33.0. The molecule has 0 rings (SSSR count). The minimum Gasteiger partial charge on any atom is -0.462 e. The van der Waals surface area contributed by atoms with Crippen LogP contribution in [0, 0.1) is 0 Å². The summed E-state index contributed by atoms with van der Waals surface area (Å²) in [5.74, 6) is -0.910. The highest BCUT2D eigenvalue weighted by molar-refractivity contribution is 5.71. The van der Waals surface area contributed by atoms with Gasteiger partial charge < -0.3 is 14.2 Å². The second-order valence-electron chi connectivity index (χ2n) is 19.2. The monoisotopic (exact) mass is 937 g/mol. The topological polar surface area (TPSA) is 78.9 Å². The first kappa shape index (κ1) is 64.1. The molecule has 0 amide bonds. The molecule has 0 radical (unpaired) electrons. The number of ether oxygens (including phenoxy) is 3. The lowest BCUT2D eigenvalue weighted by Crippen LogP contribution is -2.30. The van der Waals surface area contributed by atoms with Crippen LogP contribution in [-0.4, -0.2) is 37.2 Å². The maximum absolute atomic E-state index is 12.8. The third-order valence-corrected chi connectivity index (χ3v) is 12.5. The van der Waals surface area contributed by atoms with Gasteiger partial charge in [0.25, 0.3) is 0 Å². The third kappa shape index (κ3) is 53.9. The third-order valence-electron chi connectivity index (χ3n) is 12.5. The summed E-state index contributed by atoms with van der Waals surface area (Å²) in [4.78, 5) is 38.1. The molecule has 0 aliphatic heterocycles. The summed E-state index contributed by atoms with van der Waals surface area (Å²) in [5, 5.41) is 0. The number of hydrogen-bond donors (Lipinski definition) is 0. The Morgan fingerprint density at radius 1 is 0.299 bits per heavy atom. The van der Waals surface area contributed by atoms with Crippen LogP contribution in [-0.2, 0) is 28.6 Å². The molecule has 388 valence electrons. The molecular weight excluding hydrogens is 829 g/mol. The summed E-state index contributed by atoms with van der Waals surface area (Å²) in [6.45, 7) is 6.57. The van der Waals surface area contributed by atoms with Crippen molar-refractivity contribution in [1.29, 1.82) is 0 Å². The van der Waals surface area contributed by atoms with E-state index in [1.807, 2.05) is 0 Å². The number of hydrogen-bond acceptors (Lipinski definition) is 6. The molecule has 0 aliphatic carbocycles. The van der Waals surface area contributed by atoms with E-state index in [4.69, 9.17) is 14.2 Å². The van der Waals surface area contributed by atoms with Gasteiger partial charge in [0.05, 0.1) is 0 Å². The smallest absolute Gasteiger partial charge is 0.306 e. The largest absolute Gasteiger partial charge is 0.462 e. The zero-order valence-electron chi connectivity index (χ0n) is 44.4. The Labute approximate surface area is 415 Å². The molecule has 0 saturated carbocycles. The summed E-state index contributed by atoms with van der Waals surface area (Å²) in [6, 6.07) is 0. The van der Waals surface area contributed by atoms with Gasteiger partial charge in [0.1, 0.15) is 13.2 Å². The number of allylic oxidation sites excluding steroid dienone is 10. The van der Waals surface area contributed by atoms with Crippen molar-refractivity contribution in [3.8, 4) is 0 Å². The average molecular weight is 938 g/mol. The van der Waals surface area contributed by atoms with Gasteiger partial charge in [0.2, 0.25) is 0 Å². The molecule has 0 bridgehead atoms. The van der Waals surface area contributed by atoms with E-state index in [0.717, 1.165) is 103 Å². The van der Waals surface area contributed by atoms with E-state index in [2.05, 4.69) is 81.5 Å². The second-order valence-corrected chi connectivity index (χ2v) is 19.2. The van der Waals surface area contributed by atoms with Crippen LogP contribution in [0.1, 0.15) is 290 Å². The quantitative estimate of drug-likeness (QED) is 0.0262. The van der Waals surface area contributed by atoms with Gasteiger partial charge in [-0.1, -0.05) is 248 Å². The molecule has 0 aromatic carbocycles. The standard InChI is InChI=1S/C61H108O6/c1-4-7-10-13-16-19-22-25-28-30-32-33-36-39-42-45-48-51-54-60(63)66-57-58(56-65-59(62)53-50-47-44-41-38-35-27-24-21-18-15-12-9-6-3)67-61(64)55-52-49-46-43-40-37-34-31-29-26-23-20-17-14-11-8-5-2/h15,17-18,20,24,26-27,29,34,37,58H,4-14,16,19,21-23,25,28,30-33,35-36,38-57H2,1-3H3/b18-15-,20-17-,27-24-,29-26-,37-34-/t58-/m1/s1. The Hall–Kier alpha value is -2.89. The summed E-state index contributed by atoms with van der Waals surface area (Å²) in [6.07, 6.45) is 69.2. The van der Waals surface area contributed by atoms with Crippen molar-refractivity contribution < 1.29 is 28.6 Å². The number of unbranched alkanes of at least 4 members (excludes halogenated alkanes) is 31. The van der Waals surface area contributed by atoms with Gasteiger partial charge in [0, 0.05) is 19.3 Å². The summed E-state index contributed by atoms with van der Waals surface area (Å²) < 4.78 is 16.8. The van der Waals surface area contributed by atoms with Gasteiger partial charge >= 0.3 is 17.9 Å². The van der Waals surface area contributed by atoms with Crippen molar-refractivity contribution in [2.45, 2.75) is 297 Å². The second kappa shape index (κ2) is 55.7. The normalized spacial score (nSPS) is 12.5. The molecule has 1 atom stereocenters. The Kier molecular flexibility index (Phi) is 53.3. The molecule has 6 nitrogen and oxygen atoms in total. The van der Waals surface area contributed by atoms with Crippen molar-refractivity contribution in [3.05, 3.63) is 60.8 Å². The highest BCUT2D eigenvalue weighted by atomic mass is 16.6. The van der Waals surface area contributed by atoms with Crippen LogP contribution in [0.2, 0.25) is 0 Å². The average Bonchev–Trinajstić information content (AvgIpc) is 3.33. The molecule has 0 heterocycles. The van der Waals surface area contributed by atoms with Crippen LogP contribution >= 0.6 is 0 Å². The molecule has 67 heavy (non-hydrogen) atoms. The lowest BCUT2D eigenvalue weighted by Gasteiger charge is -2.18. The van der Waals surface area contributed by atoms with E-state index in [-0.39, 0.29) is 31.1 Å². The maximum atomic E-state index is 12.8. The SMILES string of the molecule is CCCC/C=C\C/C=C\CCCCCCCC(=O)OC[C@H](COC(=O)CCCCCCCCCCCCCCCCCCCC)OC(=O)CCCCCC/C=C\C/C=C\C/C=C\CCCCC. The van der Waals surface area contributed by atoms with E-state index in [9.17, 15) is 14.4 Å². The van der Waals surface area contributed by atoms with E-state index >= 15 is 0 Å².